The number of piperidine rings is 1. The molecule has 0 amide bonds. The van der Waals surface area contributed by atoms with Crippen molar-refractivity contribution in [2.45, 2.75) is 120 Å². The number of esters is 1. The fourth-order valence-corrected chi connectivity index (χ4v) is 12.7. The standard InChI is InChI=1S/C48H60N6O7S2Si/c1-46(2,3)64(4,5)61-39(34-14-16-38(55)43-35(34)15-17-42(56)50-43)29-49-28-31-26-37-44(36-11-6-10-33(31)36)54(52-51-37)21-9-20-53-22-18-47(19-23-53)27-32(30-59-47)60-45(57)48(58,40-12-7-24-62-40)41-13-8-25-63-41/h7-8,12-17,24-26,32,39,49,55,58H,6,9-11,18-23,27-30H2,1-5H3,(H,50,56)/t32-,39+/m1/s1. The second-order valence-corrected chi connectivity index (χ2v) is 26.0. The number of rotatable bonds is 15. The first-order valence-electron chi connectivity index (χ1n) is 22.6. The number of carbonyl (C=O) groups excluding carboxylic acids is 1. The number of pyridine rings is 1. The second kappa shape index (κ2) is 17.8. The highest BCUT2D eigenvalue weighted by Gasteiger charge is 2.49. The van der Waals surface area contributed by atoms with Gasteiger partial charge in [0.1, 0.15) is 17.4 Å². The van der Waals surface area contributed by atoms with Crippen molar-refractivity contribution in [1.82, 2.24) is 30.2 Å². The highest BCUT2D eigenvalue weighted by atomic mass is 32.1. The topological polar surface area (TPSA) is 164 Å². The molecule has 0 radical (unpaired) electrons. The number of phenols is 1. The summed E-state index contributed by atoms with van der Waals surface area (Å²) in [6, 6.07) is 16.3. The third kappa shape index (κ3) is 8.75. The number of ether oxygens (including phenoxy) is 2. The molecule has 13 nitrogen and oxygen atoms in total. The molecular weight excluding hydrogens is 865 g/mol. The Balaban J connectivity index is 0.810. The number of carbonyl (C=O) groups is 1. The van der Waals surface area contributed by atoms with Gasteiger partial charge < -0.3 is 39.3 Å². The van der Waals surface area contributed by atoms with Crippen LogP contribution < -0.4 is 10.9 Å². The molecule has 2 saturated heterocycles. The maximum absolute atomic E-state index is 13.6. The molecule has 2 fully saturated rings. The van der Waals surface area contributed by atoms with Crippen LogP contribution in [0.1, 0.15) is 91.0 Å². The lowest BCUT2D eigenvalue weighted by Gasteiger charge is -2.39. The van der Waals surface area contributed by atoms with E-state index in [1.165, 1.54) is 45.4 Å². The van der Waals surface area contributed by atoms with Crippen molar-refractivity contribution < 1.29 is 28.9 Å². The Morgan fingerprint density at radius 2 is 1.78 bits per heavy atom. The van der Waals surface area contributed by atoms with E-state index in [0.29, 0.717) is 41.4 Å². The summed E-state index contributed by atoms with van der Waals surface area (Å²) >= 11 is 2.69. The Kier molecular flexibility index (Phi) is 12.5. The van der Waals surface area contributed by atoms with Gasteiger partial charge in [0.25, 0.3) is 0 Å². The van der Waals surface area contributed by atoms with E-state index in [4.69, 9.17) is 19.0 Å². The SMILES string of the molecule is CC(C)(C)[Si](C)(C)O[C@@H](CNCc1cc2nnn(CCCN3CCC4(CC3)C[C@@H](OC(=O)C(O)(c3cccs3)c3cccs3)CO4)c2c2c1CCC2)c1ccc(O)c2[nH]c(=O)ccc12. The fraction of sp³-hybridized carbons (Fsp3) is 0.500. The Labute approximate surface area is 382 Å². The highest BCUT2D eigenvalue weighted by Crippen LogP contribution is 2.43. The number of aromatic amines is 1. The number of H-pyrrole nitrogens is 1. The number of aromatic nitrogens is 4. The van der Waals surface area contributed by atoms with Crippen LogP contribution in [0, 0.1) is 0 Å². The lowest BCUT2D eigenvalue weighted by atomic mass is 9.88. The van der Waals surface area contributed by atoms with Gasteiger partial charge in [-0.2, -0.15) is 0 Å². The Hall–Kier alpha value is -4.26. The lowest BCUT2D eigenvalue weighted by Crippen LogP contribution is -2.45. The van der Waals surface area contributed by atoms with Crippen LogP contribution in [-0.4, -0.2) is 93.9 Å². The molecule has 0 bridgehead atoms. The zero-order chi connectivity index (χ0) is 44.9. The Morgan fingerprint density at radius 3 is 2.48 bits per heavy atom. The summed E-state index contributed by atoms with van der Waals surface area (Å²) in [5.41, 5.74) is 5.04. The average molecular weight is 925 g/mol. The van der Waals surface area contributed by atoms with Gasteiger partial charge in [0.05, 0.1) is 39.1 Å². The average Bonchev–Trinajstić information content (AvgIpc) is 4.12. The van der Waals surface area contributed by atoms with Crippen LogP contribution in [0.25, 0.3) is 21.9 Å². The van der Waals surface area contributed by atoms with Crippen molar-refractivity contribution in [1.29, 1.82) is 0 Å². The minimum absolute atomic E-state index is 0.0132. The summed E-state index contributed by atoms with van der Waals surface area (Å²) in [7, 11) is -2.23. The number of fused-ring (bicyclic) bond motifs is 4. The quantitative estimate of drug-likeness (QED) is 0.0584. The first-order chi connectivity index (χ1) is 30.6. The predicted octanol–water partition coefficient (Wildman–Crippen LogP) is 7.94. The van der Waals surface area contributed by atoms with E-state index in [1.54, 1.807) is 24.3 Å². The number of thiophene rings is 2. The van der Waals surface area contributed by atoms with Crippen LogP contribution in [-0.2, 0) is 50.2 Å². The van der Waals surface area contributed by atoms with Crippen LogP contribution in [0.4, 0.5) is 0 Å². The summed E-state index contributed by atoms with van der Waals surface area (Å²) in [6.45, 7) is 16.3. The van der Waals surface area contributed by atoms with Gasteiger partial charge >= 0.3 is 5.97 Å². The van der Waals surface area contributed by atoms with E-state index >= 15 is 0 Å². The molecule has 1 spiro atoms. The molecule has 2 atom stereocenters. The minimum atomic E-state index is -2.23. The van der Waals surface area contributed by atoms with Crippen LogP contribution >= 0.6 is 22.7 Å². The molecule has 16 heteroatoms. The molecule has 2 aliphatic heterocycles. The Bertz CT molecular complexity index is 2630. The third-order valence-corrected chi connectivity index (χ3v) is 20.7. The van der Waals surface area contributed by atoms with E-state index < -0.39 is 26.0 Å². The highest BCUT2D eigenvalue weighted by molar-refractivity contribution is 7.12. The van der Waals surface area contributed by atoms with E-state index in [1.807, 2.05) is 29.0 Å². The van der Waals surface area contributed by atoms with Gasteiger partial charge in [0.15, 0.2) is 8.32 Å². The molecule has 3 aliphatic rings. The van der Waals surface area contributed by atoms with Gasteiger partial charge in [-0.15, -0.1) is 27.8 Å². The molecule has 6 heterocycles. The molecule has 340 valence electrons. The van der Waals surface area contributed by atoms with Crippen molar-refractivity contribution in [3.05, 3.63) is 108 Å². The maximum atomic E-state index is 13.6. The maximum Gasteiger partial charge on any atom is 0.349 e. The Morgan fingerprint density at radius 1 is 1.05 bits per heavy atom. The molecule has 2 aromatic carbocycles. The third-order valence-electron chi connectivity index (χ3n) is 14.2. The van der Waals surface area contributed by atoms with Crippen molar-refractivity contribution in [3.63, 3.8) is 0 Å². The number of aromatic hydroxyl groups is 1. The van der Waals surface area contributed by atoms with Crippen molar-refractivity contribution in [3.8, 4) is 5.75 Å². The zero-order valence-corrected chi connectivity index (χ0v) is 40.1. The summed E-state index contributed by atoms with van der Waals surface area (Å²) in [6.07, 6.45) is 5.75. The van der Waals surface area contributed by atoms with Gasteiger partial charge in [0.2, 0.25) is 11.2 Å². The van der Waals surface area contributed by atoms with E-state index in [9.17, 15) is 19.8 Å². The monoisotopic (exact) mass is 924 g/mol. The largest absolute Gasteiger partial charge is 0.506 e. The number of likely N-dealkylation sites (tertiary alicyclic amines) is 1. The molecule has 0 saturated carbocycles. The van der Waals surface area contributed by atoms with Crippen LogP contribution in [0.15, 0.2) is 70.2 Å². The van der Waals surface area contributed by atoms with Crippen molar-refractivity contribution >= 4 is 58.9 Å². The number of hydrogen-bond acceptors (Lipinski definition) is 13. The number of aryl methyl sites for hydroxylation is 2. The second-order valence-electron chi connectivity index (χ2n) is 19.4. The van der Waals surface area contributed by atoms with E-state index in [0.717, 1.165) is 86.7 Å². The van der Waals surface area contributed by atoms with Crippen LogP contribution in [0.5, 0.6) is 5.75 Å². The molecule has 0 unspecified atom stereocenters. The smallest absolute Gasteiger partial charge is 0.349 e. The van der Waals surface area contributed by atoms with Gasteiger partial charge in [-0.25, -0.2) is 9.48 Å². The van der Waals surface area contributed by atoms with Crippen molar-refractivity contribution in [2.24, 2.45) is 0 Å². The molecule has 64 heavy (non-hydrogen) atoms. The summed E-state index contributed by atoms with van der Waals surface area (Å²) < 4.78 is 21.6. The first-order valence-corrected chi connectivity index (χ1v) is 27.3. The summed E-state index contributed by atoms with van der Waals surface area (Å²) in [5, 5.41) is 39.9. The first kappa shape index (κ1) is 44.9. The van der Waals surface area contributed by atoms with Gasteiger partial charge in [0, 0.05) is 50.6 Å². The number of aliphatic hydroxyl groups is 1. The predicted molar refractivity (Wildman–Crippen MR) is 254 cm³/mol. The van der Waals surface area contributed by atoms with Crippen molar-refractivity contribution in [2.75, 3.05) is 32.8 Å². The van der Waals surface area contributed by atoms with Crippen LogP contribution in [0.2, 0.25) is 18.1 Å². The number of hydrogen-bond donors (Lipinski definition) is 4. The van der Waals surface area contributed by atoms with Crippen LogP contribution in [0.3, 0.4) is 0 Å². The molecule has 4 aromatic heterocycles. The summed E-state index contributed by atoms with van der Waals surface area (Å²) in [5.74, 6) is -0.600. The number of nitrogens with one attached hydrogen (secondary N) is 2. The normalized spacial score (nSPS) is 18.6. The molecule has 4 N–H and O–H groups in total. The molecule has 9 rings (SSSR count). The number of phenolic OH excluding ortho intramolecular Hbond substituents is 1. The lowest BCUT2D eigenvalue weighted by molar-refractivity contribution is -0.167. The van der Waals surface area contributed by atoms with Gasteiger partial charge in [-0.1, -0.05) is 44.2 Å². The zero-order valence-electron chi connectivity index (χ0n) is 37.4. The van der Waals surface area contributed by atoms with E-state index in [-0.39, 0.29) is 28.1 Å². The minimum Gasteiger partial charge on any atom is -0.506 e. The fourth-order valence-electron chi connectivity index (χ4n) is 9.67. The number of nitrogens with zero attached hydrogens (tertiary/aromatic N) is 4. The number of benzene rings is 2. The van der Waals surface area contributed by atoms with E-state index in [2.05, 4.69) is 65.0 Å². The molecular formula is C48H60N6O7S2Si. The molecule has 6 aromatic rings. The van der Waals surface area contributed by atoms with Gasteiger partial charge in [-0.3, -0.25) is 4.79 Å². The molecule has 1 aliphatic carbocycles. The summed E-state index contributed by atoms with van der Waals surface area (Å²) in [4.78, 5) is 32.2. The van der Waals surface area contributed by atoms with Gasteiger partial charge in [-0.05, 0) is 127 Å².